The van der Waals surface area contributed by atoms with Crippen LogP contribution in [0.3, 0.4) is 0 Å². The molecule has 0 unspecified atom stereocenters. The Labute approximate surface area is 114 Å². The third-order valence-electron chi connectivity index (χ3n) is 2.62. The molecule has 2 aromatic rings. The number of imidazole rings is 1. The van der Waals surface area contributed by atoms with Gasteiger partial charge < -0.3 is 9.88 Å². The van der Waals surface area contributed by atoms with Gasteiger partial charge >= 0.3 is 0 Å². The van der Waals surface area contributed by atoms with Gasteiger partial charge in [0, 0.05) is 35.0 Å². The van der Waals surface area contributed by atoms with E-state index in [1.807, 2.05) is 42.0 Å². The van der Waals surface area contributed by atoms with E-state index >= 15 is 0 Å². The Morgan fingerprint density at radius 3 is 3.06 bits per heavy atom. The Morgan fingerprint density at radius 1 is 1.56 bits per heavy atom. The van der Waals surface area contributed by atoms with Crippen molar-refractivity contribution in [3.63, 3.8) is 0 Å². The Morgan fingerprint density at radius 2 is 2.39 bits per heavy atom. The third kappa shape index (κ3) is 3.43. The van der Waals surface area contributed by atoms with E-state index in [-0.39, 0.29) is 11.9 Å². The normalized spacial score (nSPS) is 12.1. The van der Waals surface area contributed by atoms with Gasteiger partial charge in [-0.1, -0.05) is 22.0 Å². The first-order valence-corrected chi connectivity index (χ1v) is 6.47. The van der Waals surface area contributed by atoms with Crippen molar-refractivity contribution in [2.45, 2.75) is 19.4 Å². The summed E-state index contributed by atoms with van der Waals surface area (Å²) in [5, 5.41) is 2.87. The SMILES string of the molecule is C[C@H](CC(=O)Nc1cccc(Br)c1)n1ccnc1. The maximum absolute atomic E-state index is 11.9. The average molecular weight is 308 g/mol. The highest BCUT2D eigenvalue weighted by Crippen LogP contribution is 2.17. The van der Waals surface area contributed by atoms with Crippen molar-refractivity contribution >= 4 is 27.5 Å². The van der Waals surface area contributed by atoms with Crippen molar-refractivity contribution in [1.82, 2.24) is 9.55 Å². The standard InChI is InChI=1S/C13H14BrN3O/c1-10(17-6-5-15-9-17)7-13(18)16-12-4-2-3-11(14)8-12/h2-6,8-10H,7H2,1H3,(H,16,18)/t10-/m1/s1. The van der Waals surface area contributed by atoms with Crippen LogP contribution in [0.1, 0.15) is 19.4 Å². The quantitative estimate of drug-likeness (QED) is 0.942. The van der Waals surface area contributed by atoms with E-state index in [1.54, 1.807) is 12.5 Å². The number of carbonyl (C=O) groups excluding carboxylic acids is 1. The van der Waals surface area contributed by atoms with Crippen LogP contribution >= 0.6 is 15.9 Å². The topological polar surface area (TPSA) is 46.9 Å². The molecular formula is C13H14BrN3O. The molecule has 0 aliphatic heterocycles. The average Bonchev–Trinajstić information content (AvgIpc) is 2.81. The number of halogens is 1. The summed E-state index contributed by atoms with van der Waals surface area (Å²) < 4.78 is 2.86. The van der Waals surface area contributed by atoms with Crippen molar-refractivity contribution in [2.75, 3.05) is 5.32 Å². The molecule has 0 radical (unpaired) electrons. The molecule has 4 nitrogen and oxygen atoms in total. The molecule has 18 heavy (non-hydrogen) atoms. The number of benzene rings is 1. The number of nitrogens with one attached hydrogen (secondary N) is 1. The first-order chi connectivity index (χ1) is 8.65. The summed E-state index contributed by atoms with van der Waals surface area (Å²) in [4.78, 5) is 15.8. The maximum Gasteiger partial charge on any atom is 0.226 e. The molecule has 0 aliphatic rings. The van der Waals surface area contributed by atoms with Crippen molar-refractivity contribution in [3.05, 3.63) is 47.5 Å². The molecule has 94 valence electrons. The Bertz CT molecular complexity index is 525. The van der Waals surface area contributed by atoms with Crippen LogP contribution in [0.4, 0.5) is 5.69 Å². The number of aromatic nitrogens is 2. The first-order valence-electron chi connectivity index (χ1n) is 5.68. The summed E-state index contributed by atoms with van der Waals surface area (Å²) in [5.41, 5.74) is 0.798. The second-order valence-electron chi connectivity index (χ2n) is 4.12. The molecular weight excluding hydrogens is 294 g/mol. The predicted octanol–water partition coefficient (Wildman–Crippen LogP) is 3.24. The lowest BCUT2D eigenvalue weighted by atomic mass is 10.2. The zero-order valence-electron chi connectivity index (χ0n) is 10.0. The molecule has 5 heteroatoms. The molecule has 1 amide bonds. The molecule has 1 N–H and O–H groups in total. The highest BCUT2D eigenvalue weighted by molar-refractivity contribution is 9.10. The van der Waals surface area contributed by atoms with Crippen molar-refractivity contribution in [1.29, 1.82) is 0 Å². The fourth-order valence-electron chi connectivity index (χ4n) is 1.68. The van der Waals surface area contributed by atoms with Gasteiger partial charge in [0.2, 0.25) is 5.91 Å². The molecule has 2 rings (SSSR count). The van der Waals surface area contributed by atoms with E-state index in [4.69, 9.17) is 0 Å². The molecule has 1 heterocycles. The van der Waals surface area contributed by atoms with E-state index in [0.717, 1.165) is 10.2 Å². The molecule has 0 aliphatic carbocycles. The summed E-state index contributed by atoms with van der Waals surface area (Å²) in [6.07, 6.45) is 5.71. The summed E-state index contributed by atoms with van der Waals surface area (Å²) in [6.45, 7) is 1.99. The van der Waals surface area contributed by atoms with Gasteiger partial charge in [0.1, 0.15) is 0 Å². The van der Waals surface area contributed by atoms with Gasteiger partial charge in [-0.05, 0) is 25.1 Å². The number of rotatable bonds is 4. The summed E-state index contributed by atoms with van der Waals surface area (Å²) in [6, 6.07) is 7.65. The third-order valence-corrected chi connectivity index (χ3v) is 3.12. The minimum absolute atomic E-state index is 0.00528. The zero-order chi connectivity index (χ0) is 13.0. The Kier molecular flexibility index (Phi) is 4.15. The summed E-state index contributed by atoms with van der Waals surface area (Å²) in [7, 11) is 0. The second-order valence-corrected chi connectivity index (χ2v) is 5.04. The van der Waals surface area contributed by atoms with Gasteiger partial charge in [0.25, 0.3) is 0 Å². The minimum Gasteiger partial charge on any atom is -0.334 e. The van der Waals surface area contributed by atoms with E-state index in [9.17, 15) is 4.79 Å². The highest BCUT2D eigenvalue weighted by Gasteiger charge is 2.10. The maximum atomic E-state index is 11.9. The number of nitrogens with zero attached hydrogens (tertiary/aromatic N) is 2. The smallest absolute Gasteiger partial charge is 0.226 e. The highest BCUT2D eigenvalue weighted by atomic mass is 79.9. The monoisotopic (exact) mass is 307 g/mol. The van der Waals surface area contributed by atoms with Crippen LogP contribution in [0.15, 0.2) is 47.5 Å². The van der Waals surface area contributed by atoms with Gasteiger partial charge in [-0.25, -0.2) is 4.98 Å². The van der Waals surface area contributed by atoms with Gasteiger partial charge in [0.15, 0.2) is 0 Å². The van der Waals surface area contributed by atoms with Crippen LogP contribution in [0, 0.1) is 0 Å². The lowest BCUT2D eigenvalue weighted by Gasteiger charge is -2.12. The molecule has 0 saturated heterocycles. The van der Waals surface area contributed by atoms with Gasteiger partial charge in [0.05, 0.1) is 6.33 Å². The number of carbonyl (C=O) groups is 1. The first kappa shape index (κ1) is 12.8. The predicted molar refractivity (Wildman–Crippen MR) is 74.3 cm³/mol. The van der Waals surface area contributed by atoms with Gasteiger partial charge in [-0.2, -0.15) is 0 Å². The molecule has 1 atom stereocenters. The Hall–Kier alpha value is -1.62. The summed E-state index contributed by atoms with van der Waals surface area (Å²) >= 11 is 3.37. The lowest BCUT2D eigenvalue weighted by Crippen LogP contribution is -2.16. The molecule has 0 saturated carbocycles. The largest absolute Gasteiger partial charge is 0.334 e. The van der Waals surface area contributed by atoms with Crippen LogP contribution in [0.25, 0.3) is 0 Å². The second kappa shape index (κ2) is 5.82. The van der Waals surface area contributed by atoms with Crippen molar-refractivity contribution < 1.29 is 4.79 Å². The van der Waals surface area contributed by atoms with Gasteiger partial charge in [-0.15, -0.1) is 0 Å². The molecule has 1 aromatic carbocycles. The van der Waals surface area contributed by atoms with E-state index in [0.29, 0.717) is 6.42 Å². The minimum atomic E-state index is -0.00528. The number of anilines is 1. The van der Waals surface area contributed by atoms with E-state index < -0.39 is 0 Å². The van der Waals surface area contributed by atoms with Crippen LogP contribution in [-0.2, 0) is 4.79 Å². The lowest BCUT2D eigenvalue weighted by molar-refractivity contribution is -0.116. The van der Waals surface area contributed by atoms with Gasteiger partial charge in [-0.3, -0.25) is 4.79 Å². The van der Waals surface area contributed by atoms with Crippen LogP contribution < -0.4 is 5.32 Å². The molecule has 0 bridgehead atoms. The van der Waals surface area contributed by atoms with Crippen LogP contribution in [0.5, 0.6) is 0 Å². The van der Waals surface area contributed by atoms with Crippen LogP contribution in [0.2, 0.25) is 0 Å². The molecule has 0 fully saturated rings. The van der Waals surface area contributed by atoms with E-state index in [1.165, 1.54) is 0 Å². The zero-order valence-corrected chi connectivity index (χ0v) is 11.6. The number of hydrogen-bond acceptors (Lipinski definition) is 2. The van der Waals surface area contributed by atoms with Crippen LogP contribution in [-0.4, -0.2) is 15.5 Å². The molecule has 0 spiro atoms. The van der Waals surface area contributed by atoms with Crippen molar-refractivity contribution in [3.8, 4) is 0 Å². The fourth-order valence-corrected chi connectivity index (χ4v) is 2.08. The summed E-state index contributed by atoms with van der Waals surface area (Å²) in [5.74, 6) is -0.00528. The van der Waals surface area contributed by atoms with Crippen molar-refractivity contribution in [2.24, 2.45) is 0 Å². The fraction of sp³-hybridized carbons (Fsp3) is 0.231. The number of hydrogen-bond donors (Lipinski definition) is 1. The Balaban J connectivity index is 1.93. The number of amides is 1. The van der Waals surface area contributed by atoms with E-state index in [2.05, 4.69) is 26.2 Å². The molecule has 1 aromatic heterocycles.